The van der Waals surface area contributed by atoms with Crippen LogP contribution in [-0.2, 0) is 4.79 Å². The Hall–Kier alpha value is -2.77. The number of nitrogens with zero attached hydrogens (tertiary/aromatic N) is 3. The molecular formula is C25H22FN3OS2. The van der Waals surface area contributed by atoms with Gasteiger partial charge in [0.05, 0.1) is 10.6 Å². The molecule has 1 aromatic heterocycles. The first-order valence-electron chi connectivity index (χ1n) is 10.7. The van der Waals surface area contributed by atoms with Crippen LogP contribution in [0.4, 0.5) is 4.39 Å². The smallest absolute Gasteiger partial charge is 0.266 e. The van der Waals surface area contributed by atoms with Gasteiger partial charge in [-0.2, -0.15) is 5.10 Å². The first-order valence-corrected chi connectivity index (χ1v) is 11.9. The molecule has 2 aliphatic rings. The van der Waals surface area contributed by atoms with E-state index in [2.05, 4.69) is 0 Å². The van der Waals surface area contributed by atoms with Gasteiger partial charge in [0.1, 0.15) is 15.8 Å². The average Bonchev–Trinajstić information content (AvgIpc) is 3.51. The average molecular weight is 464 g/mol. The Bertz CT molecular complexity index is 1230. The van der Waals surface area contributed by atoms with E-state index in [1.807, 2.05) is 48.7 Å². The van der Waals surface area contributed by atoms with E-state index in [1.54, 1.807) is 22.6 Å². The van der Waals surface area contributed by atoms with Crippen molar-refractivity contribution in [1.82, 2.24) is 14.7 Å². The second-order valence-corrected chi connectivity index (χ2v) is 9.84. The number of para-hydroxylation sites is 1. The van der Waals surface area contributed by atoms with Crippen LogP contribution < -0.4 is 0 Å². The first kappa shape index (κ1) is 21.1. The zero-order valence-corrected chi connectivity index (χ0v) is 19.3. The highest BCUT2D eigenvalue weighted by atomic mass is 32.2. The summed E-state index contributed by atoms with van der Waals surface area (Å²) in [5, 5.41) is 4.74. The summed E-state index contributed by atoms with van der Waals surface area (Å²) in [6, 6.07) is 15.0. The molecule has 0 radical (unpaired) electrons. The van der Waals surface area contributed by atoms with E-state index >= 15 is 0 Å². The fourth-order valence-electron chi connectivity index (χ4n) is 4.27. The number of thiocarbonyl (C=S) groups is 1. The fourth-order valence-corrected chi connectivity index (χ4v) is 5.66. The van der Waals surface area contributed by atoms with Crippen LogP contribution in [0.25, 0.3) is 23.0 Å². The van der Waals surface area contributed by atoms with Gasteiger partial charge in [-0.05, 0) is 49.6 Å². The number of aromatic nitrogens is 2. The molecule has 2 heterocycles. The number of halogens is 1. The molecule has 0 unspecified atom stereocenters. The summed E-state index contributed by atoms with van der Waals surface area (Å²) in [6.45, 7) is 1.73. The van der Waals surface area contributed by atoms with Crippen LogP contribution in [0.15, 0.2) is 59.6 Å². The number of hydrogen-bond acceptors (Lipinski definition) is 4. The standard InChI is InChI=1S/C25H22FN3OS2/c1-16-11-12-17(13-21(16)26)23-18(15-28(27-23)19-7-3-2-4-8-19)14-22-24(30)29(25(31)32-22)20-9-5-6-10-20/h2-4,7-8,11-15,20H,5-6,9-10H2,1H3. The van der Waals surface area contributed by atoms with Crippen LogP contribution >= 0.6 is 24.0 Å². The summed E-state index contributed by atoms with van der Waals surface area (Å²) in [4.78, 5) is 15.6. The largest absolute Gasteiger partial charge is 0.290 e. The van der Waals surface area contributed by atoms with Gasteiger partial charge in [-0.15, -0.1) is 0 Å². The summed E-state index contributed by atoms with van der Waals surface area (Å²) in [5.41, 5.74) is 3.51. The maximum Gasteiger partial charge on any atom is 0.266 e. The Balaban J connectivity index is 1.58. The van der Waals surface area contributed by atoms with Gasteiger partial charge in [0.15, 0.2) is 0 Å². The molecule has 5 rings (SSSR count). The SMILES string of the molecule is Cc1ccc(-c2nn(-c3ccccc3)cc2C=C2SC(=S)N(C3CCCC3)C2=O)cc1F. The predicted octanol–water partition coefficient (Wildman–Crippen LogP) is 6.13. The van der Waals surface area contributed by atoms with Gasteiger partial charge in [0, 0.05) is 23.4 Å². The van der Waals surface area contributed by atoms with Crippen molar-refractivity contribution in [2.24, 2.45) is 0 Å². The Morgan fingerprint density at radius 1 is 1.16 bits per heavy atom. The Kier molecular flexibility index (Phi) is 5.69. The summed E-state index contributed by atoms with van der Waals surface area (Å²) >= 11 is 6.88. The fraction of sp³-hybridized carbons (Fsp3) is 0.240. The number of rotatable bonds is 4. The van der Waals surface area contributed by atoms with Crippen molar-refractivity contribution in [3.05, 3.63) is 76.6 Å². The molecule has 4 nitrogen and oxygen atoms in total. The molecule has 1 aliphatic carbocycles. The number of carbonyl (C=O) groups is 1. The number of carbonyl (C=O) groups excluding carboxylic acids is 1. The van der Waals surface area contributed by atoms with Crippen molar-refractivity contribution in [2.45, 2.75) is 38.6 Å². The lowest BCUT2D eigenvalue weighted by Crippen LogP contribution is -2.36. The monoisotopic (exact) mass is 463 g/mol. The van der Waals surface area contributed by atoms with E-state index in [1.165, 1.54) is 17.8 Å². The molecule has 1 saturated carbocycles. The molecule has 7 heteroatoms. The summed E-state index contributed by atoms with van der Waals surface area (Å²) in [6.07, 6.45) is 7.99. The lowest BCUT2D eigenvalue weighted by molar-refractivity contribution is -0.123. The number of thioether (sulfide) groups is 1. The Labute approximate surface area is 196 Å². The van der Waals surface area contributed by atoms with Gasteiger partial charge >= 0.3 is 0 Å². The van der Waals surface area contributed by atoms with Crippen molar-refractivity contribution in [1.29, 1.82) is 0 Å². The third kappa shape index (κ3) is 3.91. The number of hydrogen-bond donors (Lipinski definition) is 0. The Morgan fingerprint density at radius 3 is 2.62 bits per heavy atom. The highest BCUT2D eigenvalue weighted by Gasteiger charge is 2.38. The van der Waals surface area contributed by atoms with Gasteiger partial charge in [-0.25, -0.2) is 9.07 Å². The molecular weight excluding hydrogens is 441 g/mol. The second-order valence-electron chi connectivity index (χ2n) is 8.17. The highest BCUT2D eigenvalue weighted by molar-refractivity contribution is 8.26. The minimum absolute atomic E-state index is 0.0413. The van der Waals surface area contributed by atoms with Crippen LogP contribution in [0, 0.1) is 12.7 Å². The van der Waals surface area contributed by atoms with Gasteiger partial charge in [0.25, 0.3) is 5.91 Å². The van der Waals surface area contributed by atoms with Crippen LogP contribution in [-0.4, -0.2) is 30.9 Å². The van der Waals surface area contributed by atoms with Crippen LogP contribution in [0.2, 0.25) is 0 Å². The quantitative estimate of drug-likeness (QED) is 0.345. The molecule has 1 saturated heterocycles. The number of benzene rings is 2. The topological polar surface area (TPSA) is 38.1 Å². The second kappa shape index (κ2) is 8.64. The first-order chi connectivity index (χ1) is 15.5. The molecule has 32 heavy (non-hydrogen) atoms. The zero-order valence-electron chi connectivity index (χ0n) is 17.6. The molecule has 1 amide bonds. The molecule has 2 aromatic carbocycles. The molecule has 3 aromatic rings. The van der Waals surface area contributed by atoms with Crippen molar-refractivity contribution in [3.8, 4) is 16.9 Å². The van der Waals surface area contributed by atoms with Crippen molar-refractivity contribution in [2.75, 3.05) is 0 Å². The summed E-state index contributed by atoms with van der Waals surface area (Å²) in [7, 11) is 0. The van der Waals surface area contributed by atoms with Crippen LogP contribution in [0.5, 0.6) is 0 Å². The molecule has 1 aliphatic heterocycles. The minimum Gasteiger partial charge on any atom is -0.290 e. The van der Waals surface area contributed by atoms with E-state index in [-0.39, 0.29) is 17.8 Å². The van der Waals surface area contributed by atoms with E-state index in [0.29, 0.717) is 26.0 Å². The zero-order chi connectivity index (χ0) is 22.2. The lowest BCUT2D eigenvalue weighted by Gasteiger charge is -2.21. The highest BCUT2D eigenvalue weighted by Crippen LogP contribution is 2.39. The predicted molar refractivity (Wildman–Crippen MR) is 131 cm³/mol. The van der Waals surface area contributed by atoms with Crippen molar-refractivity contribution < 1.29 is 9.18 Å². The number of aryl methyl sites for hydroxylation is 1. The normalized spacial score (nSPS) is 18.3. The lowest BCUT2D eigenvalue weighted by atomic mass is 10.1. The minimum atomic E-state index is -0.282. The van der Waals surface area contributed by atoms with E-state index < -0.39 is 0 Å². The van der Waals surface area contributed by atoms with Gasteiger partial charge in [-0.3, -0.25) is 9.69 Å². The van der Waals surface area contributed by atoms with Crippen molar-refractivity contribution in [3.63, 3.8) is 0 Å². The number of amides is 1. The summed E-state index contributed by atoms with van der Waals surface area (Å²) in [5.74, 6) is -0.323. The Morgan fingerprint density at radius 2 is 1.91 bits per heavy atom. The third-order valence-corrected chi connectivity index (χ3v) is 7.34. The van der Waals surface area contributed by atoms with Gasteiger partial charge in [-0.1, -0.05) is 67.2 Å². The van der Waals surface area contributed by atoms with Gasteiger partial charge < -0.3 is 0 Å². The van der Waals surface area contributed by atoms with E-state index in [9.17, 15) is 9.18 Å². The summed E-state index contributed by atoms with van der Waals surface area (Å²) < 4.78 is 16.7. The molecule has 0 N–H and O–H groups in total. The molecule has 0 bridgehead atoms. The molecule has 2 fully saturated rings. The maximum atomic E-state index is 14.3. The van der Waals surface area contributed by atoms with E-state index in [4.69, 9.17) is 17.3 Å². The van der Waals surface area contributed by atoms with Gasteiger partial charge in [0.2, 0.25) is 0 Å². The maximum absolute atomic E-state index is 14.3. The third-order valence-electron chi connectivity index (χ3n) is 6.01. The van der Waals surface area contributed by atoms with E-state index in [0.717, 1.165) is 36.9 Å². The van der Waals surface area contributed by atoms with Crippen LogP contribution in [0.3, 0.4) is 0 Å². The molecule has 162 valence electrons. The van der Waals surface area contributed by atoms with Crippen LogP contribution in [0.1, 0.15) is 36.8 Å². The molecule has 0 atom stereocenters. The van der Waals surface area contributed by atoms with Crippen molar-refractivity contribution >= 4 is 40.3 Å². The molecule has 0 spiro atoms.